The largest absolute Gasteiger partial charge is 0.357 e. The summed E-state index contributed by atoms with van der Waals surface area (Å²) < 4.78 is 2.03. The third-order valence-electron chi connectivity index (χ3n) is 2.94. The number of hydrogen-bond acceptors (Lipinski definition) is 4. The highest BCUT2D eigenvalue weighted by molar-refractivity contribution is 14.0. The Morgan fingerprint density at radius 1 is 1.36 bits per heavy atom. The third-order valence-corrected chi connectivity index (χ3v) is 3.99. The number of anilines is 1. The van der Waals surface area contributed by atoms with E-state index in [1.165, 1.54) is 5.56 Å². The van der Waals surface area contributed by atoms with Crippen molar-refractivity contribution in [2.24, 2.45) is 12.0 Å². The highest BCUT2D eigenvalue weighted by Gasteiger charge is 2.05. The number of halogens is 1. The molecule has 0 atom stereocenters. The number of nitrogens with zero attached hydrogens (tertiary/aromatic N) is 4. The van der Waals surface area contributed by atoms with Gasteiger partial charge in [-0.1, -0.05) is 0 Å². The second kappa shape index (κ2) is 8.99. The molecular weight excluding hydrogens is 411 g/mol. The van der Waals surface area contributed by atoms with Crippen LogP contribution in [0, 0.1) is 0 Å². The van der Waals surface area contributed by atoms with Crippen LogP contribution < -0.4 is 15.5 Å². The highest BCUT2D eigenvalue weighted by atomic mass is 127. The van der Waals surface area contributed by atoms with Crippen LogP contribution in [0.1, 0.15) is 11.3 Å². The predicted molar refractivity (Wildman–Crippen MR) is 104 cm³/mol. The molecule has 22 heavy (non-hydrogen) atoms. The Morgan fingerprint density at radius 3 is 2.64 bits per heavy atom. The SMILES string of the molecule is CN=C(NCc1ccn(C)c1)NCc1csc(N(C)C)n1.I. The lowest BCUT2D eigenvalue weighted by Gasteiger charge is -2.10. The van der Waals surface area contributed by atoms with E-state index < -0.39 is 0 Å². The minimum atomic E-state index is 0. The maximum Gasteiger partial charge on any atom is 0.191 e. The van der Waals surface area contributed by atoms with Crippen LogP contribution >= 0.6 is 35.3 Å². The van der Waals surface area contributed by atoms with Crippen molar-refractivity contribution >= 4 is 46.4 Å². The van der Waals surface area contributed by atoms with Crippen molar-refractivity contribution in [2.75, 3.05) is 26.0 Å². The molecule has 0 bridgehead atoms. The molecule has 8 heteroatoms. The van der Waals surface area contributed by atoms with Crippen LogP contribution in [-0.2, 0) is 20.1 Å². The smallest absolute Gasteiger partial charge is 0.191 e. The summed E-state index contributed by atoms with van der Waals surface area (Å²) in [5, 5.41) is 9.64. The van der Waals surface area contributed by atoms with Crippen molar-refractivity contribution in [3.8, 4) is 0 Å². The quantitative estimate of drug-likeness (QED) is 0.430. The van der Waals surface area contributed by atoms with Crippen LogP contribution in [-0.4, -0.2) is 36.7 Å². The average molecular weight is 434 g/mol. The van der Waals surface area contributed by atoms with Gasteiger partial charge in [-0.3, -0.25) is 4.99 Å². The van der Waals surface area contributed by atoms with Crippen LogP contribution in [0.5, 0.6) is 0 Å². The first-order valence-corrected chi connectivity index (χ1v) is 7.63. The van der Waals surface area contributed by atoms with Gasteiger partial charge in [0.1, 0.15) is 0 Å². The van der Waals surface area contributed by atoms with Gasteiger partial charge in [-0.05, 0) is 11.6 Å². The van der Waals surface area contributed by atoms with Gasteiger partial charge < -0.3 is 20.1 Å². The van der Waals surface area contributed by atoms with Gasteiger partial charge in [-0.25, -0.2) is 4.98 Å². The maximum absolute atomic E-state index is 4.53. The van der Waals surface area contributed by atoms with Gasteiger partial charge in [0.25, 0.3) is 0 Å². The number of aryl methyl sites for hydroxylation is 1. The summed E-state index contributed by atoms with van der Waals surface area (Å²) in [7, 11) is 7.78. The van der Waals surface area contributed by atoms with Gasteiger partial charge in [0, 0.05) is 52.5 Å². The summed E-state index contributed by atoms with van der Waals surface area (Å²) >= 11 is 1.64. The van der Waals surface area contributed by atoms with E-state index in [1.807, 2.05) is 36.8 Å². The van der Waals surface area contributed by atoms with Crippen LogP contribution in [0.3, 0.4) is 0 Å². The number of nitrogens with one attached hydrogen (secondary N) is 2. The lowest BCUT2D eigenvalue weighted by atomic mass is 10.3. The fraction of sp³-hybridized carbons (Fsp3) is 0.429. The van der Waals surface area contributed by atoms with Crippen molar-refractivity contribution in [1.29, 1.82) is 0 Å². The molecule has 2 aromatic heterocycles. The Balaban J connectivity index is 0.00000242. The van der Waals surface area contributed by atoms with E-state index in [0.29, 0.717) is 6.54 Å². The first-order chi connectivity index (χ1) is 10.1. The van der Waals surface area contributed by atoms with E-state index in [4.69, 9.17) is 0 Å². The Bertz CT molecular complexity index is 604. The van der Waals surface area contributed by atoms with E-state index >= 15 is 0 Å². The molecule has 2 heterocycles. The van der Waals surface area contributed by atoms with Crippen molar-refractivity contribution in [3.05, 3.63) is 35.1 Å². The third kappa shape index (κ3) is 5.48. The Labute approximate surface area is 152 Å². The van der Waals surface area contributed by atoms with Gasteiger partial charge >= 0.3 is 0 Å². The summed E-state index contributed by atoms with van der Waals surface area (Å²) in [5.41, 5.74) is 2.25. The zero-order valence-corrected chi connectivity index (χ0v) is 16.5. The molecule has 0 amide bonds. The number of aromatic nitrogens is 2. The van der Waals surface area contributed by atoms with Crippen LogP contribution in [0.4, 0.5) is 5.13 Å². The highest BCUT2D eigenvalue weighted by Crippen LogP contribution is 2.17. The molecule has 0 spiro atoms. The lowest BCUT2D eigenvalue weighted by molar-refractivity contribution is 0.795. The summed E-state index contributed by atoms with van der Waals surface area (Å²) in [5.74, 6) is 0.776. The molecule has 0 aliphatic heterocycles. The topological polar surface area (TPSA) is 57.5 Å². The molecule has 2 rings (SSSR count). The molecule has 0 radical (unpaired) electrons. The minimum Gasteiger partial charge on any atom is -0.357 e. The molecule has 0 unspecified atom stereocenters. The second-order valence-corrected chi connectivity index (χ2v) is 5.82. The van der Waals surface area contributed by atoms with Gasteiger partial charge in [0.15, 0.2) is 11.1 Å². The van der Waals surface area contributed by atoms with Crippen molar-refractivity contribution in [2.45, 2.75) is 13.1 Å². The van der Waals surface area contributed by atoms with Gasteiger partial charge in [0.05, 0.1) is 12.2 Å². The standard InChI is InChI=1S/C14H22N6S.HI/c1-15-13(16-7-11-5-6-20(4)9-11)17-8-12-10-21-14(18-12)19(2)3;/h5-6,9-10H,7-8H2,1-4H3,(H2,15,16,17);1H. The summed E-state index contributed by atoms with van der Waals surface area (Å²) in [6.07, 6.45) is 4.12. The monoisotopic (exact) mass is 434 g/mol. The molecular formula is C14H23IN6S. The number of thiazole rings is 1. The maximum atomic E-state index is 4.53. The minimum absolute atomic E-state index is 0. The lowest BCUT2D eigenvalue weighted by Crippen LogP contribution is -2.36. The zero-order valence-electron chi connectivity index (χ0n) is 13.3. The van der Waals surface area contributed by atoms with Crippen molar-refractivity contribution in [3.63, 3.8) is 0 Å². The Hall–Kier alpha value is -1.29. The first kappa shape index (κ1) is 18.8. The summed E-state index contributed by atoms with van der Waals surface area (Å²) in [6.45, 7) is 1.42. The normalized spacial score (nSPS) is 11.0. The van der Waals surface area contributed by atoms with Crippen LogP contribution in [0.25, 0.3) is 0 Å². The Morgan fingerprint density at radius 2 is 2.09 bits per heavy atom. The Kier molecular flexibility index (Phi) is 7.66. The number of aliphatic imine (C=N–C) groups is 1. The van der Waals surface area contributed by atoms with Crippen LogP contribution in [0.15, 0.2) is 28.8 Å². The second-order valence-electron chi connectivity index (χ2n) is 4.98. The molecule has 0 fully saturated rings. The summed E-state index contributed by atoms with van der Waals surface area (Å²) in [4.78, 5) is 10.8. The molecule has 0 aliphatic rings. The fourth-order valence-corrected chi connectivity index (χ4v) is 2.59. The molecule has 2 N–H and O–H groups in total. The zero-order chi connectivity index (χ0) is 15.2. The van der Waals surface area contributed by atoms with Crippen LogP contribution in [0.2, 0.25) is 0 Å². The van der Waals surface area contributed by atoms with Gasteiger partial charge in [-0.15, -0.1) is 35.3 Å². The van der Waals surface area contributed by atoms with E-state index in [1.54, 1.807) is 18.4 Å². The summed E-state index contributed by atoms with van der Waals surface area (Å²) in [6, 6.07) is 2.09. The van der Waals surface area contributed by atoms with Crippen molar-refractivity contribution in [1.82, 2.24) is 20.2 Å². The van der Waals surface area contributed by atoms with E-state index in [-0.39, 0.29) is 24.0 Å². The van der Waals surface area contributed by atoms with Crippen molar-refractivity contribution < 1.29 is 0 Å². The average Bonchev–Trinajstić information content (AvgIpc) is 3.08. The predicted octanol–water partition coefficient (Wildman–Crippen LogP) is 2.03. The molecule has 0 aliphatic carbocycles. The van der Waals surface area contributed by atoms with E-state index in [2.05, 4.69) is 38.3 Å². The number of guanidine groups is 1. The molecule has 0 saturated heterocycles. The van der Waals surface area contributed by atoms with Gasteiger partial charge in [0.2, 0.25) is 0 Å². The molecule has 0 aromatic carbocycles. The molecule has 6 nitrogen and oxygen atoms in total. The number of rotatable bonds is 5. The van der Waals surface area contributed by atoms with Gasteiger partial charge in [-0.2, -0.15) is 0 Å². The molecule has 0 saturated carbocycles. The number of hydrogen-bond donors (Lipinski definition) is 2. The van der Waals surface area contributed by atoms with E-state index in [0.717, 1.165) is 23.3 Å². The molecule has 2 aromatic rings. The van der Waals surface area contributed by atoms with E-state index in [9.17, 15) is 0 Å². The first-order valence-electron chi connectivity index (χ1n) is 6.75. The molecule has 122 valence electrons. The fourth-order valence-electron chi connectivity index (χ4n) is 1.83.